The summed E-state index contributed by atoms with van der Waals surface area (Å²) in [6, 6.07) is 3.68. The van der Waals surface area contributed by atoms with E-state index in [4.69, 9.17) is 9.47 Å². The second kappa shape index (κ2) is 3.57. The molecule has 0 saturated heterocycles. The fraction of sp³-hybridized carbons (Fsp3) is 0.417. The van der Waals surface area contributed by atoms with Crippen LogP contribution in [0, 0.1) is 0 Å². The van der Waals surface area contributed by atoms with Gasteiger partial charge < -0.3 is 9.47 Å². The summed E-state index contributed by atoms with van der Waals surface area (Å²) >= 11 is 0. The van der Waals surface area contributed by atoms with Crippen LogP contribution in [0.2, 0.25) is 0 Å². The van der Waals surface area contributed by atoms with Crippen molar-refractivity contribution in [3.8, 4) is 11.5 Å². The van der Waals surface area contributed by atoms with Gasteiger partial charge in [-0.2, -0.15) is 0 Å². The molecule has 80 valence electrons. The third-order valence-corrected chi connectivity index (χ3v) is 2.86. The number of rotatable bonds is 2. The lowest BCUT2D eigenvalue weighted by molar-refractivity contribution is 0.0987. The van der Waals surface area contributed by atoms with Crippen molar-refractivity contribution in [2.75, 3.05) is 14.2 Å². The number of benzene rings is 1. The first-order valence-electron chi connectivity index (χ1n) is 4.96. The van der Waals surface area contributed by atoms with E-state index >= 15 is 0 Å². The molecule has 0 fully saturated rings. The average Bonchev–Trinajstić information content (AvgIpc) is 2.53. The largest absolute Gasteiger partial charge is 0.497 e. The Balaban J connectivity index is 2.62. The third kappa shape index (κ3) is 1.48. The van der Waals surface area contributed by atoms with E-state index in [0.717, 1.165) is 16.9 Å². The van der Waals surface area contributed by atoms with Gasteiger partial charge in [0.05, 0.1) is 19.8 Å². The molecule has 0 aromatic heterocycles. The van der Waals surface area contributed by atoms with E-state index in [1.165, 1.54) is 0 Å². The van der Waals surface area contributed by atoms with Gasteiger partial charge >= 0.3 is 0 Å². The summed E-state index contributed by atoms with van der Waals surface area (Å²) in [5.41, 5.74) is 1.77. The van der Waals surface area contributed by atoms with Gasteiger partial charge in [-0.3, -0.25) is 4.79 Å². The Bertz CT molecular complexity index is 410. The molecule has 0 saturated carbocycles. The van der Waals surface area contributed by atoms with Crippen LogP contribution in [0.1, 0.15) is 35.2 Å². The number of carbonyl (C=O) groups excluding carboxylic acids is 1. The Morgan fingerprint density at radius 3 is 2.60 bits per heavy atom. The van der Waals surface area contributed by atoms with Crippen molar-refractivity contribution < 1.29 is 14.3 Å². The maximum Gasteiger partial charge on any atom is 0.167 e. The number of ether oxygens (including phenoxy) is 2. The topological polar surface area (TPSA) is 35.5 Å². The van der Waals surface area contributed by atoms with Gasteiger partial charge in [-0.1, -0.05) is 6.92 Å². The predicted molar refractivity (Wildman–Crippen MR) is 56.9 cm³/mol. The molecular weight excluding hydrogens is 192 g/mol. The van der Waals surface area contributed by atoms with Gasteiger partial charge in [0.15, 0.2) is 5.78 Å². The van der Waals surface area contributed by atoms with Gasteiger partial charge in [0, 0.05) is 12.5 Å². The number of methoxy groups -OCH3 is 2. The molecule has 15 heavy (non-hydrogen) atoms. The van der Waals surface area contributed by atoms with Crippen LogP contribution in [0.5, 0.6) is 11.5 Å². The van der Waals surface area contributed by atoms with E-state index in [-0.39, 0.29) is 11.7 Å². The molecule has 0 amide bonds. The van der Waals surface area contributed by atoms with E-state index < -0.39 is 0 Å². The summed E-state index contributed by atoms with van der Waals surface area (Å²) in [7, 11) is 3.19. The summed E-state index contributed by atoms with van der Waals surface area (Å²) in [4.78, 5) is 11.7. The van der Waals surface area contributed by atoms with Crippen molar-refractivity contribution in [2.24, 2.45) is 0 Å². The molecule has 0 N–H and O–H groups in total. The Morgan fingerprint density at radius 2 is 2.00 bits per heavy atom. The van der Waals surface area contributed by atoms with Crippen LogP contribution in [0.4, 0.5) is 0 Å². The summed E-state index contributed by atoms with van der Waals surface area (Å²) in [6.45, 7) is 2.04. The molecule has 0 aliphatic heterocycles. The van der Waals surface area contributed by atoms with Crippen molar-refractivity contribution in [3.63, 3.8) is 0 Å². The molecule has 3 nitrogen and oxygen atoms in total. The molecule has 0 radical (unpaired) electrons. The smallest absolute Gasteiger partial charge is 0.167 e. The molecule has 0 unspecified atom stereocenters. The summed E-state index contributed by atoms with van der Waals surface area (Å²) in [5, 5.41) is 0. The lowest BCUT2D eigenvalue weighted by Crippen LogP contribution is -1.98. The van der Waals surface area contributed by atoms with Crippen LogP contribution < -0.4 is 9.47 Å². The zero-order valence-corrected chi connectivity index (χ0v) is 9.16. The van der Waals surface area contributed by atoms with Crippen LogP contribution in [0.15, 0.2) is 12.1 Å². The van der Waals surface area contributed by atoms with E-state index in [1.54, 1.807) is 20.3 Å². The minimum absolute atomic E-state index is 0.164. The molecule has 2 rings (SSSR count). The van der Waals surface area contributed by atoms with Crippen molar-refractivity contribution in [2.45, 2.75) is 19.3 Å². The number of hydrogen-bond donors (Lipinski definition) is 0. The highest BCUT2D eigenvalue weighted by molar-refractivity contribution is 6.04. The molecule has 1 aromatic carbocycles. The van der Waals surface area contributed by atoms with Gasteiger partial charge in [0.1, 0.15) is 11.5 Å². The Labute approximate surface area is 89.0 Å². The van der Waals surface area contributed by atoms with E-state index in [1.807, 2.05) is 13.0 Å². The number of carbonyl (C=O) groups is 1. The fourth-order valence-electron chi connectivity index (χ4n) is 2.07. The lowest BCUT2D eigenvalue weighted by atomic mass is 10.0. The SMILES string of the molecule is COc1cc(OC)c2c(c1)[C@@H](C)CC2=O. The first kappa shape index (κ1) is 10.0. The van der Waals surface area contributed by atoms with Gasteiger partial charge in [-0.05, 0) is 17.5 Å². The van der Waals surface area contributed by atoms with Crippen molar-refractivity contribution >= 4 is 5.78 Å². The van der Waals surface area contributed by atoms with Gasteiger partial charge in [-0.15, -0.1) is 0 Å². The van der Waals surface area contributed by atoms with Gasteiger partial charge in [-0.25, -0.2) is 0 Å². The number of Topliss-reactive ketones (excluding diaryl/α,β-unsaturated/α-hetero) is 1. The standard InChI is InChI=1S/C12H14O3/c1-7-4-10(13)12-9(7)5-8(14-2)6-11(12)15-3/h5-7H,4H2,1-3H3/t7-/m0/s1. The van der Waals surface area contributed by atoms with Crippen LogP contribution in [0.25, 0.3) is 0 Å². The number of ketones is 1. The molecule has 0 spiro atoms. The maximum absolute atomic E-state index is 11.7. The predicted octanol–water partition coefficient (Wildman–Crippen LogP) is 2.39. The normalized spacial score (nSPS) is 18.9. The highest BCUT2D eigenvalue weighted by atomic mass is 16.5. The maximum atomic E-state index is 11.7. The van der Waals surface area contributed by atoms with Gasteiger partial charge in [0.2, 0.25) is 0 Å². The second-order valence-electron chi connectivity index (χ2n) is 3.82. The second-order valence-corrected chi connectivity index (χ2v) is 3.82. The molecule has 1 atom stereocenters. The Hall–Kier alpha value is -1.51. The molecular formula is C12H14O3. The molecule has 1 aliphatic carbocycles. The molecule has 1 aromatic rings. The summed E-state index contributed by atoms with van der Waals surface area (Å²) in [6.07, 6.45) is 0.568. The van der Waals surface area contributed by atoms with Crippen molar-refractivity contribution in [1.29, 1.82) is 0 Å². The van der Waals surface area contributed by atoms with E-state index in [9.17, 15) is 4.79 Å². The minimum Gasteiger partial charge on any atom is -0.497 e. The van der Waals surface area contributed by atoms with E-state index in [2.05, 4.69) is 0 Å². The first-order chi connectivity index (χ1) is 7.17. The lowest BCUT2D eigenvalue weighted by Gasteiger charge is -2.10. The Kier molecular flexibility index (Phi) is 2.39. The zero-order chi connectivity index (χ0) is 11.0. The average molecular weight is 206 g/mol. The van der Waals surface area contributed by atoms with Crippen molar-refractivity contribution in [1.82, 2.24) is 0 Å². The molecule has 1 aliphatic rings. The monoisotopic (exact) mass is 206 g/mol. The molecule has 0 heterocycles. The van der Waals surface area contributed by atoms with Crippen LogP contribution in [0.3, 0.4) is 0 Å². The summed E-state index contributed by atoms with van der Waals surface area (Å²) < 4.78 is 10.4. The Morgan fingerprint density at radius 1 is 1.27 bits per heavy atom. The quantitative estimate of drug-likeness (QED) is 0.745. The van der Waals surface area contributed by atoms with Crippen LogP contribution in [-0.4, -0.2) is 20.0 Å². The number of hydrogen-bond acceptors (Lipinski definition) is 3. The minimum atomic E-state index is 0.164. The van der Waals surface area contributed by atoms with E-state index in [0.29, 0.717) is 12.2 Å². The fourth-order valence-corrected chi connectivity index (χ4v) is 2.07. The highest BCUT2D eigenvalue weighted by Crippen LogP contribution is 2.40. The van der Waals surface area contributed by atoms with Gasteiger partial charge in [0.25, 0.3) is 0 Å². The first-order valence-corrected chi connectivity index (χ1v) is 4.96. The highest BCUT2D eigenvalue weighted by Gasteiger charge is 2.30. The zero-order valence-electron chi connectivity index (χ0n) is 9.16. The molecule has 3 heteroatoms. The molecule has 0 bridgehead atoms. The van der Waals surface area contributed by atoms with Crippen LogP contribution >= 0.6 is 0 Å². The van der Waals surface area contributed by atoms with Crippen LogP contribution in [-0.2, 0) is 0 Å². The van der Waals surface area contributed by atoms with Crippen molar-refractivity contribution in [3.05, 3.63) is 23.3 Å². The third-order valence-electron chi connectivity index (χ3n) is 2.86. The summed E-state index contributed by atoms with van der Waals surface area (Å²) in [5.74, 6) is 1.79. The number of fused-ring (bicyclic) bond motifs is 1.